The molecule has 0 unspecified atom stereocenters. The van der Waals surface area contributed by atoms with Crippen LogP contribution >= 0.6 is 0 Å². The minimum atomic E-state index is 1.02. The van der Waals surface area contributed by atoms with Crippen LogP contribution in [0.1, 0.15) is 55.5 Å². The van der Waals surface area contributed by atoms with E-state index in [1.54, 1.807) is 0 Å². The van der Waals surface area contributed by atoms with Gasteiger partial charge in [-0.05, 0) is 102 Å². The van der Waals surface area contributed by atoms with Gasteiger partial charge in [0.05, 0.1) is 0 Å². The van der Waals surface area contributed by atoms with Gasteiger partial charge in [0.25, 0.3) is 0 Å². The lowest BCUT2D eigenvalue weighted by Crippen LogP contribution is -1.98. The highest BCUT2D eigenvalue weighted by molar-refractivity contribution is 6.01. The molecular formula is C30H32. The van der Waals surface area contributed by atoms with E-state index in [1.807, 2.05) is 6.08 Å². The second kappa shape index (κ2) is 9.59. The first-order valence-electron chi connectivity index (χ1n) is 10.8. The summed E-state index contributed by atoms with van der Waals surface area (Å²) in [6.45, 7) is 14.7. The maximum atomic E-state index is 3.96. The molecule has 30 heavy (non-hydrogen) atoms. The van der Waals surface area contributed by atoms with Crippen LogP contribution in [0.4, 0.5) is 0 Å². The normalized spacial score (nSPS) is 12.4. The quantitative estimate of drug-likeness (QED) is 0.367. The molecule has 0 aliphatic heterocycles. The fourth-order valence-electron chi connectivity index (χ4n) is 4.39. The summed E-state index contributed by atoms with van der Waals surface area (Å²) in [6, 6.07) is 15.6. The van der Waals surface area contributed by atoms with Crippen molar-refractivity contribution in [2.75, 3.05) is 0 Å². The summed E-state index contributed by atoms with van der Waals surface area (Å²) in [5.74, 6) is 0. The van der Waals surface area contributed by atoms with Crippen molar-refractivity contribution >= 4 is 28.5 Å². The van der Waals surface area contributed by atoms with E-state index in [0.29, 0.717) is 0 Å². The van der Waals surface area contributed by atoms with Gasteiger partial charge in [0.1, 0.15) is 0 Å². The van der Waals surface area contributed by atoms with Crippen molar-refractivity contribution in [3.8, 4) is 11.1 Å². The number of rotatable bonds is 6. The Morgan fingerprint density at radius 2 is 1.57 bits per heavy atom. The minimum absolute atomic E-state index is 1.02. The molecule has 0 atom stereocenters. The van der Waals surface area contributed by atoms with Crippen LogP contribution in [0.3, 0.4) is 0 Å². The van der Waals surface area contributed by atoms with Gasteiger partial charge < -0.3 is 0 Å². The average Bonchev–Trinajstić information content (AvgIpc) is 2.77. The highest BCUT2D eigenvalue weighted by atomic mass is 14.2. The van der Waals surface area contributed by atoms with Crippen molar-refractivity contribution in [2.45, 2.75) is 41.0 Å². The summed E-state index contributed by atoms with van der Waals surface area (Å²) in [5.41, 5.74) is 10.3. The first kappa shape index (κ1) is 21.6. The van der Waals surface area contributed by atoms with E-state index in [2.05, 4.69) is 114 Å². The second-order valence-electron chi connectivity index (χ2n) is 7.57. The third kappa shape index (κ3) is 3.96. The van der Waals surface area contributed by atoms with Gasteiger partial charge in [-0.15, -0.1) is 0 Å². The van der Waals surface area contributed by atoms with Crippen LogP contribution in [0, 0.1) is 6.92 Å². The number of allylic oxidation sites excluding steroid dienone is 5. The maximum absolute atomic E-state index is 3.96. The molecule has 0 nitrogen and oxygen atoms in total. The van der Waals surface area contributed by atoms with Gasteiger partial charge >= 0.3 is 0 Å². The van der Waals surface area contributed by atoms with Crippen LogP contribution in [-0.2, 0) is 6.42 Å². The zero-order chi connectivity index (χ0) is 21.7. The van der Waals surface area contributed by atoms with Gasteiger partial charge in [-0.3, -0.25) is 0 Å². The Bertz CT molecular complexity index is 1170. The van der Waals surface area contributed by atoms with Crippen molar-refractivity contribution in [3.63, 3.8) is 0 Å². The molecule has 3 aromatic rings. The summed E-state index contributed by atoms with van der Waals surface area (Å²) in [5, 5.41) is 2.64. The molecule has 0 bridgehead atoms. The molecule has 0 spiro atoms. The van der Waals surface area contributed by atoms with Gasteiger partial charge in [-0.2, -0.15) is 0 Å². The van der Waals surface area contributed by atoms with Crippen LogP contribution in [0.2, 0.25) is 0 Å². The molecule has 3 rings (SSSR count). The van der Waals surface area contributed by atoms with Gasteiger partial charge in [-0.25, -0.2) is 0 Å². The molecule has 0 aliphatic rings. The summed E-state index contributed by atoms with van der Waals surface area (Å²) in [4.78, 5) is 0. The summed E-state index contributed by atoms with van der Waals surface area (Å²) < 4.78 is 0. The molecule has 3 aromatic carbocycles. The van der Waals surface area contributed by atoms with E-state index in [9.17, 15) is 0 Å². The SMILES string of the molecule is C=C/C(=C\C)c1cccc(-c2ccc3c(/C=C\C)c(C)c(CC)c(/C=C\C)c3c2)c1. The van der Waals surface area contributed by atoms with Crippen molar-refractivity contribution in [2.24, 2.45) is 0 Å². The largest absolute Gasteiger partial charge is 0.0985 e. The number of benzene rings is 3. The molecule has 0 N–H and O–H groups in total. The third-order valence-electron chi connectivity index (χ3n) is 5.86. The highest BCUT2D eigenvalue weighted by Gasteiger charge is 2.14. The van der Waals surface area contributed by atoms with Crippen LogP contribution in [0.5, 0.6) is 0 Å². The number of fused-ring (bicyclic) bond motifs is 1. The summed E-state index contributed by atoms with van der Waals surface area (Å²) in [7, 11) is 0. The van der Waals surface area contributed by atoms with E-state index in [0.717, 1.165) is 12.0 Å². The van der Waals surface area contributed by atoms with Crippen molar-refractivity contribution < 1.29 is 0 Å². The molecule has 0 heteroatoms. The van der Waals surface area contributed by atoms with Gasteiger partial charge in [0, 0.05) is 0 Å². The minimum Gasteiger partial charge on any atom is -0.0985 e. The Balaban J connectivity index is 2.33. The first-order valence-corrected chi connectivity index (χ1v) is 10.8. The van der Waals surface area contributed by atoms with Gasteiger partial charge in [-0.1, -0.05) is 80.3 Å². The molecule has 0 aromatic heterocycles. The van der Waals surface area contributed by atoms with Crippen molar-refractivity contribution in [1.29, 1.82) is 0 Å². The second-order valence-corrected chi connectivity index (χ2v) is 7.57. The van der Waals surface area contributed by atoms with E-state index < -0.39 is 0 Å². The van der Waals surface area contributed by atoms with E-state index >= 15 is 0 Å². The molecule has 0 saturated heterocycles. The smallest absolute Gasteiger partial charge is 0.00964 e. The molecule has 0 aliphatic carbocycles. The van der Waals surface area contributed by atoms with Crippen LogP contribution in [0.15, 0.2) is 73.3 Å². The topological polar surface area (TPSA) is 0 Å². The Kier molecular flexibility index (Phi) is 6.90. The molecule has 152 valence electrons. The zero-order valence-electron chi connectivity index (χ0n) is 18.9. The molecule has 0 radical (unpaired) electrons. The Morgan fingerprint density at radius 1 is 0.867 bits per heavy atom. The monoisotopic (exact) mass is 392 g/mol. The van der Waals surface area contributed by atoms with Crippen molar-refractivity contribution in [3.05, 3.63) is 101 Å². The van der Waals surface area contributed by atoms with Gasteiger partial charge in [0.2, 0.25) is 0 Å². The molecule has 0 fully saturated rings. The Labute approximate surface area is 182 Å². The predicted molar refractivity (Wildman–Crippen MR) is 137 cm³/mol. The van der Waals surface area contributed by atoms with E-state index in [4.69, 9.17) is 0 Å². The van der Waals surface area contributed by atoms with Crippen molar-refractivity contribution in [1.82, 2.24) is 0 Å². The van der Waals surface area contributed by atoms with E-state index in [-0.39, 0.29) is 0 Å². The average molecular weight is 393 g/mol. The fourth-order valence-corrected chi connectivity index (χ4v) is 4.39. The van der Waals surface area contributed by atoms with Crippen LogP contribution in [-0.4, -0.2) is 0 Å². The zero-order valence-corrected chi connectivity index (χ0v) is 18.9. The molecule has 0 saturated carbocycles. The first-order chi connectivity index (χ1) is 14.6. The lowest BCUT2D eigenvalue weighted by Gasteiger charge is -2.18. The molecule has 0 heterocycles. The lowest BCUT2D eigenvalue weighted by molar-refractivity contribution is 1.11. The summed E-state index contributed by atoms with van der Waals surface area (Å²) >= 11 is 0. The van der Waals surface area contributed by atoms with E-state index in [1.165, 1.54) is 49.7 Å². The number of hydrogen-bond donors (Lipinski definition) is 0. The maximum Gasteiger partial charge on any atom is -0.00964 e. The molecule has 0 amide bonds. The highest BCUT2D eigenvalue weighted by Crippen LogP contribution is 2.36. The fraction of sp³-hybridized carbons (Fsp3) is 0.200. The Hall–Kier alpha value is -3.12. The summed E-state index contributed by atoms with van der Waals surface area (Å²) in [6.07, 6.45) is 13.9. The van der Waals surface area contributed by atoms with Crippen LogP contribution < -0.4 is 0 Å². The lowest BCUT2D eigenvalue weighted by atomic mass is 9.86. The standard InChI is InChI=1S/C30H32/c1-7-13-27-21(6)26(11-5)28(14-8-2)30-20-25(17-18-29(27)30)24-16-12-15-23(19-24)22(9-3)10-4/h7-10,12-20H,3,11H2,1-2,4-6H3/b13-7-,14-8-,22-10+. The third-order valence-corrected chi connectivity index (χ3v) is 5.86. The Morgan fingerprint density at radius 3 is 2.20 bits per heavy atom. The number of hydrogen-bond acceptors (Lipinski definition) is 0. The van der Waals surface area contributed by atoms with Gasteiger partial charge in [0.15, 0.2) is 0 Å². The molecular weight excluding hydrogens is 360 g/mol. The predicted octanol–water partition coefficient (Wildman–Crippen LogP) is 9.03. The van der Waals surface area contributed by atoms with Crippen LogP contribution in [0.25, 0.3) is 39.6 Å².